The average molecular weight is 353 g/mol. The summed E-state index contributed by atoms with van der Waals surface area (Å²) >= 11 is 3.44. The van der Waals surface area contributed by atoms with Gasteiger partial charge < -0.3 is 9.14 Å². The van der Waals surface area contributed by atoms with Crippen LogP contribution in [0.4, 0.5) is 8.78 Å². The Morgan fingerprint density at radius 3 is 2.57 bits per heavy atom. The first kappa shape index (κ1) is 14.0. The molecule has 3 aromatic rings. The fourth-order valence-corrected chi connectivity index (χ4v) is 2.74. The maximum absolute atomic E-state index is 12.1. The lowest BCUT2D eigenvalue weighted by atomic mass is 10.2. The predicted octanol–water partition coefficient (Wildman–Crippen LogP) is 4.67. The Labute approximate surface area is 128 Å². The standard InChI is InChI=1S/C15H11BrF2N2O/c1-9-6-11(16)7-20-8-13(19-14(9)20)10-2-4-12(5-3-10)21-15(17)18/h2-8,15H,1H3. The van der Waals surface area contributed by atoms with E-state index in [9.17, 15) is 8.78 Å². The number of aryl methyl sites for hydroxylation is 1. The minimum absolute atomic E-state index is 0.136. The minimum atomic E-state index is -2.81. The molecule has 0 saturated carbocycles. The van der Waals surface area contributed by atoms with Crippen LogP contribution in [0.5, 0.6) is 5.75 Å². The molecule has 0 N–H and O–H groups in total. The highest BCUT2D eigenvalue weighted by molar-refractivity contribution is 9.10. The number of fused-ring (bicyclic) bond motifs is 1. The molecule has 1 aromatic carbocycles. The summed E-state index contributed by atoms with van der Waals surface area (Å²) < 4.78 is 31.5. The molecule has 0 unspecified atom stereocenters. The zero-order valence-electron chi connectivity index (χ0n) is 11.1. The van der Waals surface area contributed by atoms with Gasteiger partial charge in [-0.1, -0.05) is 0 Å². The highest BCUT2D eigenvalue weighted by Gasteiger charge is 2.09. The summed E-state index contributed by atoms with van der Waals surface area (Å²) in [4.78, 5) is 4.57. The molecule has 21 heavy (non-hydrogen) atoms. The van der Waals surface area contributed by atoms with Crippen LogP contribution >= 0.6 is 15.9 Å². The van der Waals surface area contributed by atoms with Gasteiger partial charge in [0.15, 0.2) is 0 Å². The third-order valence-electron chi connectivity index (χ3n) is 3.08. The number of nitrogens with zero attached hydrogens (tertiary/aromatic N) is 2. The molecular formula is C15H11BrF2N2O. The van der Waals surface area contributed by atoms with Gasteiger partial charge in [0, 0.05) is 22.4 Å². The van der Waals surface area contributed by atoms with Gasteiger partial charge in [0.1, 0.15) is 11.4 Å². The van der Waals surface area contributed by atoms with Gasteiger partial charge in [-0.25, -0.2) is 4.98 Å². The zero-order chi connectivity index (χ0) is 15.0. The monoisotopic (exact) mass is 352 g/mol. The van der Waals surface area contributed by atoms with Crippen molar-refractivity contribution in [3.05, 3.63) is 52.8 Å². The van der Waals surface area contributed by atoms with Crippen LogP contribution in [0.15, 0.2) is 47.2 Å². The van der Waals surface area contributed by atoms with Crippen molar-refractivity contribution >= 4 is 21.6 Å². The van der Waals surface area contributed by atoms with E-state index in [1.54, 1.807) is 12.1 Å². The molecule has 0 aliphatic rings. The van der Waals surface area contributed by atoms with Gasteiger partial charge in [-0.3, -0.25) is 0 Å². The van der Waals surface area contributed by atoms with Gasteiger partial charge in [0.25, 0.3) is 0 Å². The number of pyridine rings is 1. The van der Waals surface area contributed by atoms with Crippen LogP contribution in [0, 0.1) is 6.92 Å². The molecule has 0 fully saturated rings. The van der Waals surface area contributed by atoms with Crippen LogP contribution in [-0.2, 0) is 0 Å². The van der Waals surface area contributed by atoms with E-state index in [0.717, 1.165) is 26.9 Å². The highest BCUT2D eigenvalue weighted by atomic mass is 79.9. The Bertz CT molecular complexity index is 784. The molecule has 3 rings (SSSR count). The van der Waals surface area contributed by atoms with Crippen LogP contribution in [0.1, 0.15) is 5.56 Å². The Balaban J connectivity index is 1.98. The second-order valence-corrected chi connectivity index (χ2v) is 5.52. The number of rotatable bonds is 3. The quantitative estimate of drug-likeness (QED) is 0.684. The van der Waals surface area contributed by atoms with Crippen molar-refractivity contribution < 1.29 is 13.5 Å². The van der Waals surface area contributed by atoms with Crippen molar-refractivity contribution in [2.45, 2.75) is 13.5 Å². The zero-order valence-corrected chi connectivity index (χ0v) is 12.6. The Morgan fingerprint density at radius 1 is 1.19 bits per heavy atom. The van der Waals surface area contributed by atoms with E-state index in [-0.39, 0.29) is 5.75 Å². The van der Waals surface area contributed by atoms with Crippen molar-refractivity contribution in [2.75, 3.05) is 0 Å². The van der Waals surface area contributed by atoms with Crippen LogP contribution in [0.3, 0.4) is 0 Å². The van der Waals surface area contributed by atoms with E-state index in [1.165, 1.54) is 12.1 Å². The number of halogens is 3. The Hall–Kier alpha value is -1.95. The van der Waals surface area contributed by atoms with E-state index >= 15 is 0 Å². The molecule has 0 saturated heterocycles. The first-order chi connectivity index (χ1) is 10.0. The van der Waals surface area contributed by atoms with Gasteiger partial charge in [-0.15, -0.1) is 0 Å². The number of hydrogen-bond donors (Lipinski definition) is 0. The van der Waals surface area contributed by atoms with E-state index in [1.807, 2.05) is 29.8 Å². The Kier molecular flexibility index (Phi) is 3.63. The van der Waals surface area contributed by atoms with Crippen LogP contribution in [0.25, 0.3) is 16.9 Å². The fraction of sp³-hybridized carbons (Fsp3) is 0.133. The number of imidazole rings is 1. The normalized spacial score (nSPS) is 11.3. The number of ether oxygens (including phenoxy) is 1. The summed E-state index contributed by atoms with van der Waals surface area (Å²) in [5, 5.41) is 0. The van der Waals surface area contributed by atoms with Gasteiger partial charge in [0.2, 0.25) is 0 Å². The smallest absolute Gasteiger partial charge is 0.387 e. The lowest BCUT2D eigenvalue weighted by Crippen LogP contribution is -2.01. The number of benzene rings is 1. The largest absolute Gasteiger partial charge is 0.435 e. The molecule has 2 heterocycles. The maximum Gasteiger partial charge on any atom is 0.387 e. The minimum Gasteiger partial charge on any atom is -0.435 e. The van der Waals surface area contributed by atoms with Crippen LogP contribution in [0.2, 0.25) is 0 Å². The van der Waals surface area contributed by atoms with Crippen molar-refractivity contribution in [2.24, 2.45) is 0 Å². The molecule has 0 atom stereocenters. The molecule has 2 aromatic heterocycles. The molecule has 0 amide bonds. The SMILES string of the molecule is Cc1cc(Br)cn2cc(-c3ccc(OC(F)F)cc3)nc12. The number of hydrogen-bond acceptors (Lipinski definition) is 2. The van der Waals surface area contributed by atoms with Gasteiger partial charge >= 0.3 is 6.61 Å². The third-order valence-corrected chi connectivity index (χ3v) is 3.51. The highest BCUT2D eigenvalue weighted by Crippen LogP contribution is 2.25. The maximum atomic E-state index is 12.1. The lowest BCUT2D eigenvalue weighted by molar-refractivity contribution is -0.0498. The second kappa shape index (κ2) is 5.44. The molecule has 6 heteroatoms. The molecule has 3 nitrogen and oxygen atoms in total. The molecule has 0 spiro atoms. The first-order valence-corrected chi connectivity index (χ1v) is 7.02. The van der Waals surface area contributed by atoms with E-state index in [4.69, 9.17) is 0 Å². The van der Waals surface area contributed by atoms with Crippen molar-refractivity contribution in [1.82, 2.24) is 9.38 Å². The van der Waals surface area contributed by atoms with Crippen molar-refractivity contribution in [1.29, 1.82) is 0 Å². The average Bonchev–Trinajstić information content (AvgIpc) is 2.83. The molecular weight excluding hydrogens is 342 g/mol. The third kappa shape index (κ3) is 2.90. The van der Waals surface area contributed by atoms with Crippen LogP contribution in [-0.4, -0.2) is 16.0 Å². The second-order valence-electron chi connectivity index (χ2n) is 4.60. The van der Waals surface area contributed by atoms with Gasteiger partial charge in [0.05, 0.1) is 5.69 Å². The van der Waals surface area contributed by atoms with Gasteiger partial charge in [-0.05, 0) is 58.7 Å². The molecule has 0 radical (unpaired) electrons. The summed E-state index contributed by atoms with van der Waals surface area (Å²) in [6, 6.07) is 8.43. The lowest BCUT2D eigenvalue weighted by Gasteiger charge is -2.04. The molecule has 0 bridgehead atoms. The first-order valence-electron chi connectivity index (χ1n) is 6.23. The fourth-order valence-electron chi connectivity index (χ4n) is 2.17. The van der Waals surface area contributed by atoms with E-state index in [2.05, 4.69) is 25.7 Å². The van der Waals surface area contributed by atoms with Crippen molar-refractivity contribution in [3.63, 3.8) is 0 Å². The van der Waals surface area contributed by atoms with Gasteiger partial charge in [-0.2, -0.15) is 8.78 Å². The number of aromatic nitrogens is 2. The van der Waals surface area contributed by atoms with E-state index in [0.29, 0.717) is 0 Å². The summed E-state index contributed by atoms with van der Waals surface area (Å²) in [5.74, 6) is 0.136. The Morgan fingerprint density at radius 2 is 1.90 bits per heavy atom. The van der Waals surface area contributed by atoms with E-state index < -0.39 is 6.61 Å². The summed E-state index contributed by atoms with van der Waals surface area (Å²) in [7, 11) is 0. The number of alkyl halides is 2. The summed E-state index contributed by atoms with van der Waals surface area (Å²) in [6.45, 7) is -0.831. The molecule has 0 aliphatic carbocycles. The van der Waals surface area contributed by atoms with Crippen LogP contribution < -0.4 is 4.74 Å². The summed E-state index contributed by atoms with van der Waals surface area (Å²) in [5.41, 5.74) is 3.53. The summed E-state index contributed by atoms with van der Waals surface area (Å²) in [6.07, 6.45) is 3.82. The molecule has 0 aliphatic heterocycles. The predicted molar refractivity (Wildman–Crippen MR) is 79.7 cm³/mol. The van der Waals surface area contributed by atoms with Crippen molar-refractivity contribution in [3.8, 4) is 17.0 Å². The molecule has 108 valence electrons. The topological polar surface area (TPSA) is 26.5 Å².